The predicted molar refractivity (Wildman–Crippen MR) is 77.1 cm³/mol. The highest BCUT2D eigenvalue weighted by Crippen LogP contribution is 2.17. The van der Waals surface area contributed by atoms with Gasteiger partial charge in [-0.2, -0.15) is 0 Å². The maximum absolute atomic E-state index is 11.6. The van der Waals surface area contributed by atoms with E-state index in [1.54, 1.807) is 49.8 Å². The molecule has 110 valence electrons. The van der Waals surface area contributed by atoms with Gasteiger partial charge in [-0.3, -0.25) is 9.78 Å². The molecule has 1 aromatic heterocycles. The van der Waals surface area contributed by atoms with Crippen LogP contribution in [-0.4, -0.2) is 24.7 Å². The zero-order chi connectivity index (χ0) is 14.9. The minimum atomic E-state index is -0.299. The molecule has 0 spiro atoms. The Labute approximate surface area is 123 Å². The van der Waals surface area contributed by atoms with E-state index in [0.29, 0.717) is 5.75 Å². The van der Waals surface area contributed by atoms with E-state index in [4.69, 9.17) is 14.2 Å². The lowest BCUT2D eigenvalue weighted by molar-refractivity contribution is -0.145. The molecule has 0 atom stereocenters. The summed E-state index contributed by atoms with van der Waals surface area (Å²) in [5.74, 6) is 1.15. The Morgan fingerprint density at radius 3 is 2.57 bits per heavy atom. The number of esters is 1. The van der Waals surface area contributed by atoms with Gasteiger partial charge in [0.1, 0.15) is 18.1 Å². The van der Waals surface area contributed by atoms with E-state index in [1.165, 1.54) is 0 Å². The zero-order valence-electron chi connectivity index (χ0n) is 11.8. The molecule has 1 heterocycles. The number of hydrogen-bond donors (Lipinski definition) is 0. The van der Waals surface area contributed by atoms with Gasteiger partial charge in [-0.25, -0.2) is 0 Å². The summed E-state index contributed by atoms with van der Waals surface area (Å²) in [4.78, 5) is 15.5. The number of nitrogens with zero attached hydrogens (tertiary/aromatic N) is 1. The summed E-state index contributed by atoms with van der Waals surface area (Å²) in [6, 6.07) is 10.8. The molecule has 21 heavy (non-hydrogen) atoms. The predicted octanol–water partition coefficient (Wildman–Crippen LogP) is 2.60. The van der Waals surface area contributed by atoms with E-state index >= 15 is 0 Å². The molecule has 5 nitrogen and oxygen atoms in total. The number of ether oxygens (including phenoxy) is 3. The number of rotatable bonds is 7. The van der Waals surface area contributed by atoms with Gasteiger partial charge in [0.15, 0.2) is 0 Å². The maximum atomic E-state index is 11.6. The van der Waals surface area contributed by atoms with Gasteiger partial charge in [0.05, 0.1) is 20.1 Å². The molecule has 0 aliphatic heterocycles. The minimum Gasteiger partial charge on any atom is -0.497 e. The molecule has 0 fully saturated rings. The number of hydrogen-bond acceptors (Lipinski definition) is 5. The second-order valence-corrected chi connectivity index (χ2v) is 4.30. The highest BCUT2D eigenvalue weighted by molar-refractivity contribution is 5.69. The van der Waals surface area contributed by atoms with Gasteiger partial charge in [-0.05, 0) is 30.3 Å². The normalized spacial score (nSPS) is 9.95. The van der Waals surface area contributed by atoms with E-state index in [0.717, 1.165) is 11.3 Å². The molecule has 0 bridgehead atoms. The summed E-state index contributed by atoms with van der Waals surface area (Å²) >= 11 is 0. The van der Waals surface area contributed by atoms with Crippen molar-refractivity contribution in [3.05, 3.63) is 54.4 Å². The molecule has 0 aliphatic carbocycles. The van der Waals surface area contributed by atoms with E-state index < -0.39 is 0 Å². The molecule has 0 saturated carbocycles. The third kappa shape index (κ3) is 5.14. The molecule has 0 saturated heterocycles. The first kappa shape index (κ1) is 14.8. The van der Waals surface area contributed by atoms with Crippen LogP contribution in [-0.2, 0) is 16.1 Å². The van der Waals surface area contributed by atoms with Crippen LogP contribution in [0.3, 0.4) is 0 Å². The first-order valence-corrected chi connectivity index (χ1v) is 6.59. The van der Waals surface area contributed by atoms with Crippen LogP contribution in [0.4, 0.5) is 0 Å². The second kappa shape index (κ2) is 7.89. The fourth-order valence-corrected chi connectivity index (χ4v) is 1.64. The van der Waals surface area contributed by atoms with Gasteiger partial charge in [0, 0.05) is 18.0 Å². The summed E-state index contributed by atoms with van der Waals surface area (Å²) < 4.78 is 15.6. The summed E-state index contributed by atoms with van der Waals surface area (Å²) in [6.07, 6.45) is 3.54. The number of pyridine rings is 1. The van der Waals surface area contributed by atoms with E-state index in [-0.39, 0.29) is 25.6 Å². The Morgan fingerprint density at radius 1 is 1.14 bits per heavy atom. The first-order valence-electron chi connectivity index (χ1n) is 6.59. The Hall–Kier alpha value is -2.56. The maximum Gasteiger partial charge on any atom is 0.309 e. The van der Waals surface area contributed by atoms with Crippen LogP contribution in [0.25, 0.3) is 0 Å². The lowest BCUT2D eigenvalue weighted by Crippen LogP contribution is -2.10. The van der Waals surface area contributed by atoms with Crippen molar-refractivity contribution in [1.29, 1.82) is 0 Å². The Bertz CT molecular complexity index is 554. The Kier molecular flexibility index (Phi) is 5.58. The fourth-order valence-electron chi connectivity index (χ4n) is 1.64. The summed E-state index contributed by atoms with van der Waals surface area (Å²) in [5, 5.41) is 0. The van der Waals surface area contributed by atoms with Crippen LogP contribution in [0.15, 0.2) is 48.8 Å². The van der Waals surface area contributed by atoms with Gasteiger partial charge >= 0.3 is 5.97 Å². The number of carbonyl (C=O) groups is 1. The van der Waals surface area contributed by atoms with Crippen LogP contribution >= 0.6 is 0 Å². The fraction of sp³-hybridized carbons (Fsp3) is 0.250. The van der Waals surface area contributed by atoms with Crippen LogP contribution < -0.4 is 9.47 Å². The standard InChI is InChI=1S/C16H17NO4/c1-19-14-4-6-15(7-5-14)20-10-8-16(18)21-12-13-3-2-9-17-11-13/h2-7,9,11H,8,10,12H2,1H3. The Morgan fingerprint density at radius 2 is 1.90 bits per heavy atom. The smallest absolute Gasteiger partial charge is 0.309 e. The van der Waals surface area contributed by atoms with Gasteiger partial charge in [-0.15, -0.1) is 0 Å². The highest BCUT2D eigenvalue weighted by atomic mass is 16.5. The van der Waals surface area contributed by atoms with Gasteiger partial charge < -0.3 is 14.2 Å². The van der Waals surface area contributed by atoms with Gasteiger partial charge in [0.25, 0.3) is 0 Å². The third-order valence-corrected chi connectivity index (χ3v) is 2.76. The van der Waals surface area contributed by atoms with Gasteiger partial charge in [0.2, 0.25) is 0 Å². The average Bonchev–Trinajstić information content (AvgIpc) is 2.54. The molecule has 2 rings (SSSR count). The van der Waals surface area contributed by atoms with E-state index in [1.807, 2.05) is 6.07 Å². The van der Waals surface area contributed by atoms with Crippen molar-refractivity contribution in [3.8, 4) is 11.5 Å². The molecule has 5 heteroatoms. The van der Waals surface area contributed by atoms with E-state index in [9.17, 15) is 4.79 Å². The number of benzene rings is 1. The minimum absolute atomic E-state index is 0.201. The zero-order valence-corrected chi connectivity index (χ0v) is 11.8. The van der Waals surface area contributed by atoms with Crippen molar-refractivity contribution in [3.63, 3.8) is 0 Å². The molecule has 0 amide bonds. The van der Waals surface area contributed by atoms with Crippen LogP contribution in [0.5, 0.6) is 11.5 Å². The molecule has 1 aromatic carbocycles. The lowest BCUT2D eigenvalue weighted by atomic mass is 10.3. The Balaban J connectivity index is 1.66. The van der Waals surface area contributed by atoms with Crippen molar-refractivity contribution in [1.82, 2.24) is 4.98 Å². The lowest BCUT2D eigenvalue weighted by Gasteiger charge is -2.07. The number of aromatic nitrogens is 1. The summed E-state index contributed by atoms with van der Waals surface area (Å²) in [6.45, 7) is 0.507. The quantitative estimate of drug-likeness (QED) is 0.733. The second-order valence-electron chi connectivity index (χ2n) is 4.30. The number of methoxy groups -OCH3 is 1. The van der Waals surface area contributed by atoms with Crippen molar-refractivity contribution < 1.29 is 19.0 Å². The van der Waals surface area contributed by atoms with Crippen molar-refractivity contribution >= 4 is 5.97 Å². The largest absolute Gasteiger partial charge is 0.497 e. The summed E-state index contributed by atoms with van der Waals surface area (Å²) in [5.41, 5.74) is 0.863. The SMILES string of the molecule is COc1ccc(OCCC(=O)OCc2cccnc2)cc1. The average molecular weight is 287 g/mol. The molecule has 0 aliphatic rings. The van der Waals surface area contributed by atoms with Crippen LogP contribution in [0, 0.1) is 0 Å². The molecule has 0 N–H and O–H groups in total. The number of carbonyl (C=O) groups excluding carboxylic acids is 1. The van der Waals surface area contributed by atoms with Crippen molar-refractivity contribution in [2.24, 2.45) is 0 Å². The van der Waals surface area contributed by atoms with Crippen molar-refractivity contribution in [2.75, 3.05) is 13.7 Å². The molecular formula is C16H17NO4. The third-order valence-electron chi connectivity index (χ3n) is 2.76. The monoisotopic (exact) mass is 287 g/mol. The molecule has 0 radical (unpaired) electrons. The van der Waals surface area contributed by atoms with Crippen LogP contribution in [0.1, 0.15) is 12.0 Å². The first-order chi connectivity index (χ1) is 10.3. The molecule has 0 unspecified atom stereocenters. The topological polar surface area (TPSA) is 57.7 Å². The van der Waals surface area contributed by atoms with E-state index in [2.05, 4.69) is 4.98 Å². The van der Waals surface area contributed by atoms with Gasteiger partial charge in [-0.1, -0.05) is 6.07 Å². The summed E-state index contributed by atoms with van der Waals surface area (Å²) in [7, 11) is 1.61. The van der Waals surface area contributed by atoms with Crippen molar-refractivity contribution in [2.45, 2.75) is 13.0 Å². The molecular weight excluding hydrogens is 270 g/mol. The highest BCUT2D eigenvalue weighted by Gasteiger charge is 2.04. The van der Waals surface area contributed by atoms with Crippen LogP contribution in [0.2, 0.25) is 0 Å². The molecule has 2 aromatic rings.